The van der Waals surface area contributed by atoms with E-state index in [1.807, 2.05) is 18.2 Å². The minimum atomic E-state index is -0.913. The highest BCUT2D eigenvalue weighted by molar-refractivity contribution is 5.80. The van der Waals surface area contributed by atoms with Crippen molar-refractivity contribution in [3.8, 4) is 0 Å². The SMILES string of the molecule is CC1(c2ccccc2)CCN(C(=O)CCC(=O)O)CC1. The average Bonchev–Trinajstić information content (AvgIpc) is 2.46. The van der Waals surface area contributed by atoms with Crippen LogP contribution in [0.1, 0.15) is 38.2 Å². The largest absolute Gasteiger partial charge is 0.481 e. The second kappa shape index (κ2) is 6.07. The number of rotatable bonds is 4. The van der Waals surface area contributed by atoms with Crippen molar-refractivity contribution < 1.29 is 14.7 Å². The summed E-state index contributed by atoms with van der Waals surface area (Å²) in [6.07, 6.45) is 1.88. The number of piperidine rings is 1. The average molecular weight is 275 g/mol. The van der Waals surface area contributed by atoms with Crippen LogP contribution in [0.2, 0.25) is 0 Å². The first-order valence-electron chi connectivity index (χ1n) is 7.06. The Kier molecular flexibility index (Phi) is 4.42. The molecule has 1 aliphatic rings. The standard InChI is InChI=1S/C16H21NO3/c1-16(13-5-3-2-4-6-13)9-11-17(12-10-16)14(18)7-8-15(19)20/h2-6H,7-12H2,1H3,(H,19,20). The number of likely N-dealkylation sites (tertiary alicyclic amines) is 1. The van der Waals surface area contributed by atoms with E-state index in [-0.39, 0.29) is 24.2 Å². The molecule has 4 nitrogen and oxygen atoms in total. The Hall–Kier alpha value is -1.84. The van der Waals surface area contributed by atoms with Gasteiger partial charge in [0.15, 0.2) is 0 Å². The molecule has 0 aromatic heterocycles. The topological polar surface area (TPSA) is 57.6 Å². The van der Waals surface area contributed by atoms with Crippen molar-refractivity contribution in [3.63, 3.8) is 0 Å². The fourth-order valence-corrected chi connectivity index (χ4v) is 2.75. The summed E-state index contributed by atoms with van der Waals surface area (Å²) in [5.41, 5.74) is 1.43. The molecule has 1 aromatic carbocycles. The lowest BCUT2D eigenvalue weighted by molar-refractivity contribution is -0.141. The van der Waals surface area contributed by atoms with E-state index in [9.17, 15) is 9.59 Å². The van der Waals surface area contributed by atoms with E-state index in [4.69, 9.17) is 5.11 Å². The normalized spacial score (nSPS) is 17.8. The van der Waals surface area contributed by atoms with Crippen molar-refractivity contribution in [3.05, 3.63) is 35.9 Å². The van der Waals surface area contributed by atoms with Crippen molar-refractivity contribution in [1.82, 2.24) is 4.90 Å². The Morgan fingerprint density at radius 3 is 2.30 bits per heavy atom. The van der Waals surface area contributed by atoms with Crippen LogP contribution in [0.3, 0.4) is 0 Å². The fraction of sp³-hybridized carbons (Fsp3) is 0.500. The van der Waals surface area contributed by atoms with E-state index in [2.05, 4.69) is 19.1 Å². The summed E-state index contributed by atoms with van der Waals surface area (Å²) in [5, 5.41) is 8.62. The molecule has 1 saturated heterocycles. The maximum Gasteiger partial charge on any atom is 0.303 e. The zero-order chi connectivity index (χ0) is 14.6. The minimum Gasteiger partial charge on any atom is -0.481 e. The molecule has 1 N–H and O–H groups in total. The summed E-state index contributed by atoms with van der Waals surface area (Å²) in [6, 6.07) is 10.4. The van der Waals surface area contributed by atoms with Crippen LogP contribution in [0.25, 0.3) is 0 Å². The molecule has 1 aromatic rings. The number of hydrogen-bond donors (Lipinski definition) is 1. The lowest BCUT2D eigenvalue weighted by atomic mass is 9.74. The molecule has 0 saturated carbocycles. The summed E-state index contributed by atoms with van der Waals surface area (Å²) in [7, 11) is 0. The number of benzene rings is 1. The predicted molar refractivity (Wildman–Crippen MR) is 76.5 cm³/mol. The van der Waals surface area contributed by atoms with E-state index in [1.54, 1.807) is 4.90 Å². The van der Waals surface area contributed by atoms with Gasteiger partial charge in [-0.25, -0.2) is 0 Å². The van der Waals surface area contributed by atoms with Crippen LogP contribution in [-0.4, -0.2) is 35.0 Å². The van der Waals surface area contributed by atoms with Crippen molar-refractivity contribution >= 4 is 11.9 Å². The highest BCUT2D eigenvalue weighted by Gasteiger charge is 2.32. The smallest absolute Gasteiger partial charge is 0.303 e. The molecule has 1 aliphatic heterocycles. The number of hydrogen-bond acceptors (Lipinski definition) is 2. The van der Waals surface area contributed by atoms with E-state index in [1.165, 1.54) is 5.56 Å². The second-order valence-electron chi connectivity index (χ2n) is 5.70. The Bertz CT molecular complexity index is 476. The van der Waals surface area contributed by atoms with Gasteiger partial charge >= 0.3 is 5.97 Å². The number of nitrogens with zero attached hydrogens (tertiary/aromatic N) is 1. The second-order valence-corrected chi connectivity index (χ2v) is 5.70. The van der Waals surface area contributed by atoms with Gasteiger partial charge in [0.1, 0.15) is 0 Å². The van der Waals surface area contributed by atoms with Crippen LogP contribution in [0.4, 0.5) is 0 Å². The molecule has 20 heavy (non-hydrogen) atoms. The Labute approximate surface area is 119 Å². The van der Waals surface area contributed by atoms with Crippen molar-refractivity contribution in [2.24, 2.45) is 0 Å². The number of carbonyl (C=O) groups is 2. The summed E-state index contributed by atoms with van der Waals surface area (Å²) >= 11 is 0. The van der Waals surface area contributed by atoms with E-state index >= 15 is 0 Å². The van der Waals surface area contributed by atoms with Gasteiger partial charge in [-0.3, -0.25) is 9.59 Å². The highest BCUT2D eigenvalue weighted by atomic mass is 16.4. The van der Waals surface area contributed by atoms with Gasteiger partial charge in [-0.05, 0) is 23.8 Å². The summed E-state index contributed by atoms with van der Waals surface area (Å²) in [5.74, 6) is -0.952. The number of amides is 1. The Morgan fingerprint density at radius 1 is 1.15 bits per heavy atom. The number of aliphatic carboxylic acids is 1. The van der Waals surface area contributed by atoms with Gasteiger partial charge in [-0.1, -0.05) is 37.3 Å². The lowest BCUT2D eigenvalue weighted by Crippen LogP contribution is -2.44. The monoisotopic (exact) mass is 275 g/mol. The highest BCUT2D eigenvalue weighted by Crippen LogP contribution is 2.34. The summed E-state index contributed by atoms with van der Waals surface area (Å²) < 4.78 is 0. The number of carboxylic acids is 1. The summed E-state index contributed by atoms with van der Waals surface area (Å²) in [4.78, 5) is 24.2. The quantitative estimate of drug-likeness (QED) is 0.918. The third-order valence-electron chi connectivity index (χ3n) is 4.24. The lowest BCUT2D eigenvalue weighted by Gasteiger charge is -2.40. The third kappa shape index (κ3) is 3.38. The zero-order valence-electron chi connectivity index (χ0n) is 11.8. The van der Waals surface area contributed by atoms with Crippen molar-refractivity contribution in [2.45, 2.75) is 38.0 Å². The molecular weight excluding hydrogens is 254 g/mol. The molecule has 1 amide bonds. The third-order valence-corrected chi connectivity index (χ3v) is 4.24. The van der Waals surface area contributed by atoms with Crippen LogP contribution >= 0.6 is 0 Å². The maximum absolute atomic E-state index is 11.9. The van der Waals surface area contributed by atoms with Crippen LogP contribution in [0.5, 0.6) is 0 Å². The van der Waals surface area contributed by atoms with Crippen molar-refractivity contribution in [1.29, 1.82) is 0 Å². The molecule has 0 unspecified atom stereocenters. The van der Waals surface area contributed by atoms with Crippen LogP contribution in [0.15, 0.2) is 30.3 Å². The molecule has 2 rings (SSSR count). The fourth-order valence-electron chi connectivity index (χ4n) is 2.75. The molecule has 4 heteroatoms. The molecule has 1 fully saturated rings. The first kappa shape index (κ1) is 14.6. The molecule has 0 atom stereocenters. The predicted octanol–water partition coefficient (Wildman–Crippen LogP) is 2.43. The summed E-state index contributed by atoms with van der Waals surface area (Å²) in [6.45, 7) is 3.66. The maximum atomic E-state index is 11.9. The van der Waals surface area contributed by atoms with Crippen LogP contribution in [0, 0.1) is 0 Å². The number of carbonyl (C=O) groups excluding carboxylic acids is 1. The van der Waals surface area contributed by atoms with E-state index in [0.717, 1.165) is 12.8 Å². The Balaban J connectivity index is 1.92. The van der Waals surface area contributed by atoms with Gasteiger partial charge in [-0.2, -0.15) is 0 Å². The molecule has 0 bridgehead atoms. The number of carboxylic acid groups (broad SMARTS) is 1. The van der Waals surface area contributed by atoms with Crippen LogP contribution in [-0.2, 0) is 15.0 Å². The van der Waals surface area contributed by atoms with Crippen molar-refractivity contribution in [2.75, 3.05) is 13.1 Å². The van der Waals surface area contributed by atoms with Gasteiger partial charge in [0.25, 0.3) is 0 Å². The molecule has 108 valence electrons. The van der Waals surface area contributed by atoms with Gasteiger partial charge < -0.3 is 10.0 Å². The van der Waals surface area contributed by atoms with Crippen LogP contribution < -0.4 is 0 Å². The molecular formula is C16H21NO3. The van der Waals surface area contributed by atoms with Gasteiger partial charge in [-0.15, -0.1) is 0 Å². The van der Waals surface area contributed by atoms with Gasteiger partial charge in [0, 0.05) is 19.5 Å². The minimum absolute atomic E-state index is 0.0393. The van der Waals surface area contributed by atoms with E-state index in [0.29, 0.717) is 13.1 Å². The molecule has 1 heterocycles. The molecule has 0 spiro atoms. The Morgan fingerprint density at radius 2 is 1.75 bits per heavy atom. The molecule has 0 aliphatic carbocycles. The van der Waals surface area contributed by atoms with Gasteiger partial charge in [0.05, 0.1) is 6.42 Å². The van der Waals surface area contributed by atoms with Gasteiger partial charge in [0.2, 0.25) is 5.91 Å². The van der Waals surface area contributed by atoms with E-state index < -0.39 is 5.97 Å². The molecule has 0 radical (unpaired) electrons. The first-order valence-corrected chi connectivity index (χ1v) is 7.06. The zero-order valence-corrected chi connectivity index (χ0v) is 11.8. The first-order chi connectivity index (χ1) is 9.51.